The van der Waals surface area contributed by atoms with Gasteiger partial charge in [0.15, 0.2) is 6.04 Å². The average Bonchev–Trinajstić information content (AvgIpc) is 3.84. The van der Waals surface area contributed by atoms with Crippen LogP contribution in [0.3, 0.4) is 0 Å². The zero-order chi connectivity index (χ0) is 65.2. The number of carbonyl (C=O) groups is 12. The van der Waals surface area contributed by atoms with E-state index >= 15 is 4.55 Å². The maximum atomic E-state index is 15.2. The molecule has 2 aliphatic rings. The molecule has 0 saturated carbocycles. The second-order valence-corrected chi connectivity index (χ2v) is 23.9. The molecule has 17 N–H and O–H groups in total. The number of aromatic nitrogens is 1. The predicted octanol–water partition coefficient (Wildman–Crippen LogP) is -4.17. The highest BCUT2D eigenvalue weighted by atomic mass is 32.2. The highest BCUT2D eigenvalue weighted by molar-refractivity contribution is 7.98. The molecule has 11 amide bonds. The van der Waals surface area contributed by atoms with E-state index in [1.807, 2.05) is 6.92 Å². The Morgan fingerprint density at radius 1 is 0.886 bits per heavy atom. The van der Waals surface area contributed by atoms with Gasteiger partial charge in [-0.3, -0.25) is 52.7 Å². The summed E-state index contributed by atoms with van der Waals surface area (Å²) >= 11 is -0.974. The highest BCUT2D eigenvalue weighted by Crippen LogP contribution is 2.39. The zero-order valence-electron chi connectivity index (χ0n) is 49.7. The first-order valence-corrected chi connectivity index (χ1v) is 31.4. The predicted molar refractivity (Wildman–Crippen MR) is 317 cm³/mol. The number of aromatic amines is 1. The van der Waals surface area contributed by atoms with Crippen LogP contribution in [0.5, 0.6) is 5.75 Å². The molecule has 0 spiro atoms. The summed E-state index contributed by atoms with van der Waals surface area (Å²) in [5, 5.41) is 63.4. The number of carbonyl (C=O) groups excluding carboxylic acids is 12. The Morgan fingerprint density at radius 2 is 1.58 bits per heavy atom. The van der Waals surface area contributed by atoms with Crippen molar-refractivity contribution in [2.45, 2.75) is 138 Å². The fourth-order valence-electron chi connectivity index (χ4n) is 9.55. The molecule has 88 heavy (non-hydrogen) atoms. The van der Waals surface area contributed by atoms with Crippen molar-refractivity contribution in [3.63, 3.8) is 0 Å². The van der Waals surface area contributed by atoms with Gasteiger partial charge in [-0.15, -0.1) is 5.06 Å². The van der Waals surface area contributed by atoms with Crippen molar-refractivity contribution in [2.75, 3.05) is 71.1 Å². The molecule has 0 radical (unpaired) electrons. The van der Waals surface area contributed by atoms with Crippen LogP contribution in [0, 0.1) is 17.8 Å². The number of H-pyrrole nitrogens is 1. The molecule has 1 unspecified atom stereocenters. The number of nitrogens with one attached hydrogen (secondary N) is 9. The van der Waals surface area contributed by atoms with Crippen LogP contribution in [0.1, 0.15) is 108 Å². The number of benzene rings is 1. The van der Waals surface area contributed by atoms with Crippen LogP contribution in [0.4, 0.5) is 0 Å². The van der Waals surface area contributed by atoms with E-state index in [-0.39, 0.29) is 79.8 Å². The average molecular weight is 1280 g/mol. The molecule has 2 aromatic rings. The fourth-order valence-corrected chi connectivity index (χ4v) is 12.0. The van der Waals surface area contributed by atoms with E-state index in [2.05, 4.69) is 47.5 Å². The molecule has 490 valence electrons. The Kier molecular flexibility index (Phi) is 30.8. The van der Waals surface area contributed by atoms with Crippen molar-refractivity contribution in [2.24, 2.45) is 29.2 Å². The Balaban J connectivity index is 1.70. The van der Waals surface area contributed by atoms with Crippen LogP contribution >= 0.6 is 11.8 Å². The third-order valence-corrected chi connectivity index (χ3v) is 17.3. The van der Waals surface area contributed by atoms with Gasteiger partial charge in [-0.25, -0.2) is 4.79 Å². The molecule has 31 nitrogen and oxygen atoms in total. The summed E-state index contributed by atoms with van der Waals surface area (Å²) in [6.07, 6.45) is -3.07. The number of hydrogen-bond donors (Lipinski definition) is 15. The van der Waals surface area contributed by atoms with Gasteiger partial charge in [-0.1, -0.05) is 27.2 Å². The zero-order valence-corrected chi connectivity index (χ0v) is 51.4. The minimum atomic E-state index is -2.43. The van der Waals surface area contributed by atoms with Gasteiger partial charge in [0, 0.05) is 103 Å². The Hall–Kier alpha value is -7.14. The van der Waals surface area contributed by atoms with E-state index < -0.39 is 176 Å². The molecule has 1 aromatic carbocycles. The number of ether oxygens (including phenoxy) is 1. The van der Waals surface area contributed by atoms with E-state index in [0.29, 0.717) is 58.8 Å². The first kappa shape index (κ1) is 73.3. The first-order valence-electron chi connectivity index (χ1n) is 28.9. The second kappa shape index (κ2) is 37.0. The molecule has 10 atom stereocenters. The number of aliphatic hydroxyl groups excluding tert-OH is 4. The molecule has 33 heteroatoms. The number of amides is 11. The van der Waals surface area contributed by atoms with Crippen LogP contribution in [0.25, 0.3) is 10.9 Å². The number of imide groups is 1. The highest BCUT2D eigenvalue weighted by Gasteiger charge is 2.39. The molecular formula is C55H84N12O19S2. The Labute approximate surface area is 515 Å². The first-order chi connectivity index (χ1) is 41.9. The van der Waals surface area contributed by atoms with Crippen LogP contribution in [0.15, 0.2) is 17.2 Å². The molecule has 1 aromatic heterocycles. The van der Waals surface area contributed by atoms with Crippen LogP contribution in [0.2, 0.25) is 0 Å². The van der Waals surface area contributed by atoms with Gasteiger partial charge in [0.25, 0.3) is 11.8 Å². The lowest BCUT2D eigenvalue weighted by Crippen LogP contribution is -2.58. The molecule has 0 aliphatic carbocycles. The summed E-state index contributed by atoms with van der Waals surface area (Å²) in [5.74, 6) is -12.4. The topological polar surface area (TPSA) is 495 Å². The second-order valence-electron chi connectivity index (χ2n) is 21.3. The molecule has 1 saturated heterocycles. The van der Waals surface area contributed by atoms with Gasteiger partial charge in [0.2, 0.25) is 58.2 Å². The lowest BCUT2D eigenvalue weighted by atomic mass is 9.88. The van der Waals surface area contributed by atoms with Gasteiger partial charge in [-0.2, -0.15) is 11.8 Å². The third-order valence-electron chi connectivity index (χ3n) is 14.8. The largest absolute Gasteiger partial charge is 0.610 e. The number of aliphatic hydroxyl groups is 4. The summed E-state index contributed by atoms with van der Waals surface area (Å²) in [6.45, 7) is 1.78. The maximum Gasteiger partial charge on any atom is 0.333 e. The van der Waals surface area contributed by atoms with Crippen molar-refractivity contribution in [1.29, 1.82) is 0 Å². The molecule has 3 heterocycles. The number of methoxy groups -OCH3 is 1. The van der Waals surface area contributed by atoms with Crippen molar-refractivity contribution in [3.05, 3.63) is 23.3 Å². The van der Waals surface area contributed by atoms with Crippen LogP contribution in [-0.2, 0) is 79.3 Å². The number of rotatable bonds is 29. The number of hydroxylamine groups is 2. The number of β-amino-alcohol motifs (C(OH)–C–C–N with tert-alkyl or cyclic N) is 1. The van der Waals surface area contributed by atoms with Gasteiger partial charge in [-0.05, 0) is 49.5 Å². The summed E-state index contributed by atoms with van der Waals surface area (Å²) in [6, 6.07) is -1.97. The van der Waals surface area contributed by atoms with Crippen molar-refractivity contribution < 1.29 is 92.1 Å². The van der Waals surface area contributed by atoms with Crippen molar-refractivity contribution >= 4 is 105 Å². The molecule has 4 rings (SSSR count). The van der Waals surface area contributed by atoms with E-state index in [1.54, 1.807) is 19.1 Å². The van der Waals surface area contributed by atoms with E-state index in [1.165, 1.54) is 25.8 Å². The molecule has 2 aliphatic heterocycles. The lowest BCUT2D eigenvalue weighted by Gasteiger charge is -2.28. The monoisotopic (exact) mass is 1280 g/mol. The quantitative estimate of drug-likeness (QED) is 0.0209. The minimum absolute atomic E-state index is 0.0129. The maximum absolute atomic E-state index is 15.2. The lowest BCUT2D eigenvalue weighted by molar-refractivity contribution is -0.197. The summed E-state index contributed by atoms with van der Waals surface area (Å²) in [5.41, 5.74) is 11.9. The minimum Gasteiger partial charge on any atom is -0.610 e. The van der Waals surface area contributed by atoms with Crippen molar-refractivity contribution in [3.8, 4) is 5.75 Å². The standard InChI is InChI=1S/C55H84N12O19S2/c1-5-29(2)33(15-17-59-43(75)21-56)51(80)62-24-44(76)63-37-28-88(84)55-48(31(25-68)22-60-54(83)49(30(3)38(71)26-69)65-42(74)19-32(70)23-61-52(81)36(20-40(57)72)64-53(37)82)34-11-12-39(85-4)35(50(34)66-55)27-87-18-7-6-16-58-41(73)9-8-10-47(79)86-67-45(77)13-14-46(67)78/h11-12,29-33,36-38,49,66,68-71H,5-10,13-28,56H2,1-4H3,(H2,57,72)(H,58,73)(H,59,75)(H,60,83)(H,61,81)(H,62,80)(H,63,76)(H,64,82)(H,65,74)/t29-,30-,31-,32+,33-,36-,37+,38-,49-,88?/m0/s1. The van der Waals surface area contributed by atoms with E-state index in [9.17, 15) is 78.0 Å². The number of primary amides is 1. The van der Waals surface area contributed by atoms with Gasteiger partial charge >= 0.3 is 5.97 Å². The Morgan fingerprint density at radius 3 is 2.23 bits per heavy atom. The van der Waals surface area contributed by atoms with Gasteiger partial charge in [0.05, 0.1) is 64.0 Å². The molecule has 0 bridgehead atoms. The summed E-state index contributed by atoms with van der Waals surface area (Å²) in [4.78, 5) is 163. The van der Waals surface area contributed by atoms with Gasteiger partial charge < -0.3 is 93.5 Å². The fraction of sp³-hybridized carbons (Fsp3) is 0.636. The molecular weight excluding hydrogens is 1200 g/mol. The number of fused-ring (bicyclic) bond motifs is 3. The van der Waals surface area contributed by atoms with Crippen molar-refractivity contribution in [1.82, 2.24) is 52.6 Å². The van der Waals surface area contributed by atoms with Crippen LogP contribution in [-0.4, -0.2) is 207 Å². The van der Waals surface area contributed by atoms with Crippen LogP contribution < -0.4 is 58.7 Å². The number of unbranched alkanes of at least 4 members (excludes halogenated alkanes) is 1. The SMILES string of the molecule is CC[C@H](C)[C@H](CCNC(=O)CN)C(=O)NCC(=O)N[C@@H]1C[S+]([O-])c2[nH]c3c(CSCCCCNC(=O)CCCC(=O)ON4C(=O)CCC4=O)c(OC)ccc3c2[C@H](CO)CNC(=O)[C@H]([C@@H](C)[C@@H](O)CO)NC(=O)C[C@@H](O)CNC(=O)[C@H](CC(N)=O)NC1=O. The summed E-state index contributed by atoms with van der Waals surface area (Å²) in [7, 11) is 1.42. The van der Waals surface area contributed by atoms with E-state index in [0.717, 1.165) is 0 Å². The number of thioether (sulfide) groups is 1. The number of nitrogens with two attached hydrogens (primary N) is 2. The number of hydrogen-bond acceptors (Lipinski definition) is 21. The molecule has 1 fully saturated rings. The van der Waals surface area contributed by atoms with E-state index in [4.69, 9.17) is 21.0 Å². The van der Waals surface area contributed by atoms with Gasteiger partial charge in [0.1, 0.15) is 23.6 Å². The third kappa shape index (κ3) is 22.5. The summed E-state index contributed by atoms with van der Waals surface area (Å²) < 4.78 is 21.0. The number of nitrogens with zero attached hydrogens (tertiary/aromatic N) is 1. The normalized spacial score (nSPS) is 21.3. The Bertz CT molecular complexity index is 2780. The smallest absolute Gasteiger partial charge is 0.333 e.